The second-order valence-corrected chi connectivity index (χ2v) is 2.20. The van der Waals surface area contributed by atoms with Crippen molar-refractivity contribution in [3.8, 4) is 0 Å². The quantitative estimate of drug-likeness (QED) is 0.531. The van der Waals surface area contributed by atoms with Crippen molar-refractivity contribution in [2.75, 3.05) is 6.26 Å². The zero-order valence-electron chi connectivity index (χ0n) is 4.66. The van der Waals surface area contributed by atoms with Crippen LogP contribution in [-0.4, -0.2) is 11.2 Å². The topological polar surface area (TPSA) is 12.9 Å². The number of hydrogen-bond acceptors (Lipinski definition) is 2. The van der Waals surface area contributed by atoms with E-state index in [1.807, 2.05) is 24.5 Å². The molecule has 1 rings (SSSR count). The van der Waals surface area contributed by atoms with Crippen LogP contribution in [0.5, 0.6) is 0 Å². The standard InChI is InChI=1S/C6H7NS/c1-8-6-4-2-3-5-7-6/h2-5H,1H3. The normalized spacial score (nSPS) is 9.12. The SMILES string of the molecule is CSc1ccccn1. The second kappa shape index (κ2) is 2.72. The molecule has 0 saturated heterocycles. The third-order valence-corrected chi connectivity index (χ3v) is 1.51. The van der Waals surface area contributed by atoms with Crippen LogP contribution in [0.4, 0.5) is 0 Å². The molecule has 0 aliphatic carbocycles. The van der Waals surface area contributed by atoms with E-state index in [0.29, 0.717) is 0 Å². The number of hydrogen-bond donors (Lipinski definition) is 0. The summed E-state index contributed by atoms with van der Waals surface area (Å²) >= 11 is 1.66. The molecule has 0 aliphatic rings. The zero-order chi connectivity index (χ0) is 5.82. The van der Waals surface area contributed by atoms with Crippen LogP contribution in [0.3, 0.4) is 0 Å². The molecular formula is C6H7NS. The fourth-order valence-electron chi connectivity index (χ4n) is 0.468. The first-order valence-corrected chi connectivity index (χ1v) is 3.61. The summed E-state index contributed by atoms with van der Waals surface area (Å²) in [6.45, 7) is 0. The highest BCUT2D eigenvalue weighted by atomic mass is 32.2. The Morgan fingerprint density at radius 1 is 1.50 bits per heavy atom. The Bertz CT molecular complexity index is 150. The maximum Gasteiger partial charge on any atom is 0.0957 e. The molecule has 0 saturated carbocycles. The highest BCUT2D eigenvalue weighted by Crippen LogP contribution is 2.07. The Morgan fingerprint density at radius 3 is 2.75 bits per heavy atom. The van der Waals surface area contributed by atoms with Gasteiger partial charge in [-0.2, -0.15) is 0 Å². The Balaban J connectivity index is 2.83. The van der Waals surface area contributed by atoms with E-state index in [-0.39, 0.29) is 0 Å². The second-order valence-electron chi connectivity index (χ2n) is 1.37. The smallest absolute Gasteiger partial charge is 0.0957 e. The van der Waals surface area contributed by atoms with Crippen molar-refractivity contribution in [1.29, 1.82) is 0 Å². The lowest BCUT2D eigenvalue weighted by Crippen LogP contribution is -1.71. The number of aromatic nitrogens is 1. The van der Waals surface area contributed by atoms with Crippen LogP contribution < -0.4 is 0 Å². The lowest BCUT2D eigenvalue weighted by molar-refractivity contribution is 1.14. The Kier molecular flexibility index (Phi) is 1.92. The van der Waals surface area contributed by atoms with Gasteiger partial charge in [-0.1, -0.05) is 6.07 Å². The fourth-order valence-corrected chi connectivity index (χ4v) is 0.849. The number of rotatable bonds is 1. The summed E-state index contributed by atoms with van der Waals surface area (Å²) in [5, 5.41) is 1.08. The van der Waals surface area contributed by atoms with Gasteiger partial charge in [-0.05, 0) is 18.4 Å². The molecule has 1 aromatic rings. The predicted octanol–water partition coefficient (Wildman–Crippen LogP) is 1.80. The molecule has 0 aromatic carbocycles. The van der Waals surface area contributed by atoms with Gasteiger partial charge in [-0.15, -0.1) is 11.8 Å². The van der Waals surface area contributed by atoms with Crippen LogP contribution >= 0.6 is 11.8 Å². The molecule has 2 heteroatoms. The first-order valence-electron chi connectivity index (χ1n) is 2.38. The first kappa shape index (κ1) is 5.63. The molecule has 0 amide bonds. The number of thioether (sulfide) groups is 1. The Hall–Kier alpha value is -0.500. The van der Waals surface area contributed by atoms with E-state index in [0.717, 1.165) is 5.03 Å². The van der Waals surface area contributed by atoms with Gasteiger partial charge >= 0.3 is 0 Å². The first-order chi connectivity index (χ1) is 3.93. The molecule has 1 heterocycles. The van der Waals surface area contributed by atoms with Gasteiger partial charge in [0, 0.05) is 6.20 Å². The third kappa shape index (κ3) is 1.23. The summed E-state index contributed by atoms with van der Waals surface area (Å²) in [4.78, 5) is 4.06. The van der Waals surface area contributed by atoms with E-state index in [4.69, 9.17) is 0 Å². The van der Waals surface area contributed by atoms with Gasteiger partial charge in [-0.25, -0.2) is 4.98 Å². The van der Waals surface area contributed by atoms with Gasteiger partial charge in [0.2, 0.25) is 0 Å². The van der Waals surface area contributed by atoms with Crippen molar-refractivity contribution in [2.24, 2.45) is 0 Å². The molecule has 0 radical (unpaired) electrons. The average molecular weight is 125 g/mol. The van der Waals surface area contributed by atoms with E-state index < -0.39 is 0 Å². The van der Waals surface area contributed by atoms with Crippen molar-refractivity contribution < 1.29 is 0 Å². The van der Waals surface area contributed by atoms with E-state index in [1.165, 1.54) is 0 Å². The minimum absolute atomic E-state index is 1.08. The van der Waals surface area contributed by atoms with Gasteiger partial charge in [0.1, 0.15) is 0 Å². The molecule has 1 nitrogen and oxygen atoms in total. The summed E-state index contributed by atoms with van der Waals surface area (Å²) in [5.74, 6) is 0. The van der Waals surface area contributed by atoms with E-state index in [9.17, 15) is 0 Å². The minimum Gasteiger partial charge on any atom is -0.250 e. The fraction of sp³-hybridized carbons (Fsp3) is 0.167. The summed E-state index contributed by atoms with van der Waals surface area (Å²) in [6, 6.07) is 5.89. The van der Waals surface area contributed by atoms with Crippen molar-refractivity contribution in [1.82, 2.24) is 4.98 Å². The van der Waals surface area contributed by atoms with Gasteiger partial charge in [-0.3, -0.25) is 0 Å². The molecular weight excluding hydrogens is 118 g/mol. The highest BCUT2D eigenvalue weighted by molar-refractivity contribution is 7.98. The van der Waals surface area contributed by atoms with Crippen molar-refractivity contribution >= 4 is 11.8 Å². The zero-order valence-corrected chi connectivity index (χ0v) is 5.48. The van der Waals surface area contributed by atoms with Gasteiger partial charge in [0.05, 0.1) is 5.03 Å². The summed E-state index contributed by atoms with van der Waals surface area (Å²) in [6.07, 6.45) is 3.81. The van der Waals surface area contributed by atoms with Gasteiger partial charge in [0.15, 0.2) is 0 Å². The van der Waals surface area contributed by atoms with Crippen LogP contribution in [0.2, 0.25) is 0 Å². The molecule has 8 heavy (non-hydrogen) atoms. The molecule has 1 aromatic heterocycles. The van der Waals surface area contributed by atoms with E-state index in [1.54, 1.807) is 18.0 Å². The molecule has 42 valence electrons. The van der Waals surface area contributed by atoms with Crippen LogP contribution in [0, 0.1) is 0 Å². The van der Waals surface area contributed by atoms with E-state index >= 15 is 0 Å². The lowest BCUT2D eigenvalue weighted by atomic mass is 10.5. The molecule has 0 fully saturated rings. The summed E-state index contributed by atoms with van der Waals surface area (Å²) in [7, 11) is 0. The molecule has 0 bridgehead atoms. The molecule has 0 N–H and O–H groups in total. The number of nitrogens with zero attached hydrogens (tertiary/aromatic N) is 1. The Labute approximate surface area is 53.1 Å². The van der Waals surface area contributed by atoms with Crippen molar-refractivity contribution in [3.05, 3.63) is 24.4 Å². The van der Waals surface area contributed by atoms with Crippen LogP contribution in [0.1, 0.15) is 0 Å². The molecule has 0 spiro atoms. The summed E-state index contributed by atoms with van der Waals surface area (Å²) in [5.41, 5.74) is 0. The van der Waals surface area contributed by atoms with Gasteiger partial charge in [0.25, 0.3) is 0 Å². The average Bonchev–Trinajstić information content (AvgIpc) is 1.90. The van der Waals surface area contributed by atoms with Gasteiger partial charge < -0.3 is 0 Å². The molecule has 0 aliphatic heterocycles. The minimum atomic E-state index is 1.08. The maximum atomic E-state index is 4.06. The number of pyridine rings is 1. The van der Waals surface area contributed by atoms with Crippen LogP contribution in [0.25, 0.3) is 0 Å². The largest absolute Gasteiger partial charge is 0.250 e. The van der Waals surface area contributed by atoms with Crippen molar-refractivity contribution in [2.45, 2.75) is 5.03 Å². The third-order valence-electron chi connectivity index (χ3n) is 0.847. The van der Waals surface area contributed by atoms with Crippen LogP contribution in [0.15, 0.2) is 29.4 Å². The Morgan fingerprint density at radius 2 is 2.38 bits per heavy atom. The molecule has 0 unspecified atom stereocenters. The molecule has 0 atom stereocenters. The van der Waals surface area contributed by atoms with Crippen molar-refractivity contribution in [3.63, 3.8) is 0 Å². The predicted molar refractivity (Wildman–Crippen MR) is 36.0 cm³/mol. The summed E-state index contributed by atoms with van der Waals surface area (Å²) < 4.78 is 0. The lowest BCUT2D eigenvalue weighted by Gasteiger charge is -1.88. The maximum absolute atomic E-state index is 4.06. The van der Waals surface area contributed by atoms with E-state index in [2.05, 4.69) is 4.98 Å². The monoisotopic (exact) mass is 125 g/mol. The highest BCUT2D eigenvalue weighted by Gasteiger charge is 1.82. The van der Waals surface area contributed by atoms with Crippen LogP contribution in [-0.2, 0) is 0 Å².